The van der Waals surface area contributed by atoms with Crippen LogP contribution in [0.5, 0.6) is 11.5 Å². The molecule has 0 aliphatic carbocycles. The second-order valence-electron chi connectivity index (χ2n) is 5.53. The topological polar surface area (TPSA) is 74.0 Å². The van der Waals surface area contributed by atoms with E-state index in [-0.39, 0.29) is 12.7 Å². The van der Waals surface area contributed by atoms with Crippen molar-refractivity contribution in [2.24, 2.45) is 0 Å². The molecule has 0 unspecified atom stereocenters. The van der Waals surface area contributed by atoms with E-state index in [0.29, 0.717) is 36.7 Å². The molecular formula is C18H20N2O4. The molecule has 126 valence electrons. The van der Waals surface area contributed by atoms with Gasteiger partial charge in [-0.2, -0.15) is 0 Å². The highest BCUT2D eigenvalue weighted by Gasteiger charge is 2.19. The second kappa shape index (κ2) is 7.23. The molecular weight excluding hydrogens is 308 g/mol. The van der Waals surface area contributed by atoms with Crippen LogP contribution in [0.3, 0.4) is 0 Å². The van der Waals surface area contributed by atoms with E-state index >= 15 is 0 Å². The van der Waals surface area contributed by atoms with E-state index in [0.717, 1.165) is 11.3 Å². The highest BCUT2D eigenvalue weighted by atomic mass is 16.7. The average molecular weight is 328 g/mol. The van der Waals surface area contributed by atoms with E-state index < -0.39 is 0 Å². The van der Waals surface area contributed by atoms with Gasteiger partial charge in [0.2, 0.25) is 6.79 Å². The third-order valence-corrected chi connectivity index (χ3v) is 3.80. The summed E-state index contributed by atoms with van der Waals surface area (Å²) < 4.78 is 15.8. The van der Waals surface area contributed by atoms with Crippen LogP contribution in [0.25, 0.3) is 0 Å². The number of amides is 1. The number of carbonyl (C=O) groups is 1. The summed E-state index contributed by atoms with van der Waals surface area (Å²) in [4.78, 5) is 14.5. The number of nitrogen functional groups attached to an aromatic ring is 1. The molecule has 1 amide bonds. The first kappa shape index (κ1) is 16.1. The lowest BCUT2D eigenvalue weighted by Crippen LogP contribution is -2.33. The Balaban J connectivity index is 1.79. The molecule has 6 nitrogen and oxygen atoms in total. The minimum Gasteiger partial charge on any atom is -0.454 e. The number of hydrogen-bond donors (Lipinski definition) is 1. The second-order valence-corrected chi connectivity index (χ2v) is 5.53. The number of hydrogen-bond acceptors (Lipinski definition) is 5. The fourth-order valence-electron chi connectivity index (χ4n) is 2.57. The van der Waals surface area contributed by atoms with Crippen molar-refractivity contribution < 1.29 is 19.0 Å². The Morgan fingerprint density at radius 2 is 2.04 bits per heavy atom. The van der Waals surface area contributed by atoms with E-state index in [1.165, 1.54) is 0 Å². The average Bonchev–Trinajstić information content (AvgIpc) is 3.05. The van der Waals surface area contributed by atoms with Crippen LogP contribution in [0, 0.1) is 0 Å². The Morgan fingerprint density at radius 1 is 1.21 bits per heavy atom. The molecule has 2 N–H and O–H groups in total. The fourth-order valence-corrected chi connectivity index (χ4v) is 2.57. The molecule has 6 heteroatoms. The van der Waals surface area contributed by atoms with Gasteiger partial charge in [0, 0.05) is 31.5 Å². The van der Waals surface area contributed by atoms with E-state index in [1.807, 2.05) is 18.2 Å². The van der Waals surface area contributed by atoms with Crippen molar-refractivity contribution >= 4 is 11.6 Å². The molecule has 0 saturated heterocycles. The van der Waals surface area contributed by atoms with Crippen LogP contribution in [0.2, 0.25) is 0 Å². The van der Waals surface area contributed by atoms with Crippen LogP contribution < -0.4 is 15.2 Å². The number of carbonyl (C=O) groups excluding carboxylic acids is 1. The van der Waals surface area contributed by atoms with Crippen molar-refractivity contribution in [2.45, 2.75) is 6.54 Å². The standard InChI is InChI=1S/C18H20N2O4/c1-22-8-7-20(18(21)14-3-2-4-15(19)10-14)11-13-5-6-16-17(9-13)24-12-23-16/h2-6,9-10H,7-8,11-12,19H2,1H3. The van der Waals surface area contributed by atoms with Gasteiger partial charge in [-0.05, 0) is 35.9 Å². The first-order valence-electron chi connectivity index (χ1n) is 7.69. The maximum atomic E-state index is 12.8. The fraction of sp³-hybridized carbons (Fsp3) is 0.278. The van der Waals surface area contributed by atoms with Crippen LogP contribution in [-0.2, 0) is 11.3 Å². The predicted molar refractivity (Wildman–Crippen MR) is 90.0 cm³/mol. The van der Waals surface area contributed by atoms with Crippen LogP contribution in [-0.4, -0.2) is 37.9 Å². The number of ether oxygens (including phenoxy) is 3. The summed E-state index contributed by atoms with van der Waals surface area (Å²) in [6.45, 7) is 1.62. The number of nitrogens with two attached hydrogens (primary N) is 1. The maximum Gasteiger partial charge on any atom is 0.254 e. The molecule has 0 spiro atoms. The van der Waals surface area contributed by atoms with Crippen LogP contribution >= 0.6 is 0 Å². The van der Waals surface area contributed by atoms with Gasteiger partial charge < -0.3 is 24.8 Å². The zero-order chi connectivity index (χ0) is 16.9. The Morgan fingerprint density at radius 3 is 2.83 bits per heavy atom. The first-order valence-corrected chi connectivity index (χ1v) is 7.69. The SMILES string of the molecule is COCCN(Cc1ccc2c(c1)OCO2)C(=O)c1cccc(N)c1. The molecule has 24 heavy (non-hydrogen) atoms. The van der Waals surface area contributed by atoms with Crippen LogP contribution in [0.4, 0.5) is 5.69 Å². The largest absolute Gasteiger partial charge is 0.454 e. The molecule has 0 atom stereocenters. The summed E-state index contributed by atoms with van der Waals surface area (Å²) in [6, 6.07) is 12.7. The molecule has 3 rings (SSSR count). The number of methoxy groups -OCH3 is 1. The Kier molecular flexibility index (Phi) is 4.86. The normalized spacial score (nSPS) is 12.2. The Bertz CT molecular complexity index is 733. The number of fused-ring (bicyclic) bond motifs is 1. The van der Waals surface area contributed by atoms with Gasteiger partial charge in [0.15, 0.2) is 11.5 Å². The summed E-state index contributed by atoms with van der Waals surface area (Å²) in [6.07, 6.45) is 0. The third-order valence-electron chi connectivity index (χ3n) is 3.80. The number of benzene rings is 2. The van der Waals surface area contributed by atoms with E-state index in [9.17, 15) is 4.79 Å². The van der Waals surface area contributed by atoms with Crippen LogP contribution in [0.1, 0.15) is 15.9 Å². The minimum atomic E-state index is -0.0861. The molecule has 2 aromatic carbocycles. The molecule has 1 aliphatic heterocycles. The highest BCUT2D eigenvalue weighted by Crippen LogP contribution is 2.32. The lowest BCUT2D eigenvalue weighted by Gasteiger charge is -2.23. The van der Waals surface area contributed by atoms with Crippen molar-refractivity contribution in [2.75, 3.05) is 32.8 Å². The lowest BCUT2D eigenvalue weighted by atomic mass is 10.1. The third kappa shape index (κ3) is 3.60. The van der Waals surface area contributed by atoms with E-state index in [4.69, 9.17) is 19.9 Å². The van der Waals surface area contributed by atoms with Crippen LogP contribution in [0.15, 0.2) is 42.5 Å². The van der Waals surface area contributed by atoms with Crippen molar-refractivity contribution in [3.63, 3.8) is 0 Å². The molecule has 1 heterocycles. The molecule has 0 saturated carbocycles. The van der Waals surface area contributed by atoms with E-state index in [1.54, 1.807) is 36.3 Å². The van der Waals surface area contributed by atoms with Crippen molar-refractivity contribution in [1.82, 2.24) is 4.90 Å². The molecule has 0 radical (unpaired) electrons. The van der Waals surface area contributed by atoms with Gasteiger partial charge in [0.05, 0.1) is 6.61 Å². The molecule has 1 aliphatic rings. The zero-order valence-corrected chi connectivity index (χ0v) is 13.5. The summed E-state index contributed by atoms with van der Waals surface area (Å²) in [5.74, 6) is 1.34. The van der Waals surface area contributed by atoms with Crippen molar-refractivity contribution in [1.29, 1.82) is 0 Å². The summed E-state index contributed by atoms with van der Waals surface area (Å²) in [5, 5.41) is 0. The van der Waals surface area contributed by atoms with Gasteiger partial charge >= 0.3 is 0 Å². The first-order chi connectivity index (χ1) is 11.7. The molecule has 2 aromatic rings. The van der Waals surface area contributed by atoms with Crippen molar-refractivity contribution in [3.05, 3.63) is 53.6 Å². The molecule has 0 bridgehead atoms. The number of anilines is 1. The molecule has 0 aromatic heterocycles. The monoisotopic (exact) mass is 328 g/mol. The minimum absolute atomic E-state index is 0.0861. The molecule has 0 fully saturated rings. The Labute approximate surface area is 140 Å². The summed E-state index contributed by atoms with van der Waals surface area (Å²) in [7, 11) is 1.61. The predicted octanol–water partition coefficient (Wildman–Crippen LogP) is 2.29. The van der Waals surface area contributed by atoms with Gasteiger partial charge in [0.1, 0.15) is 0 Å². The summed E-state index contributed by atoms with van der Waals surface area (Å²) in [5.41, 5.74) is 7.88. The van der Waals surface area contributed by atoms with Gasteiger partial charge in [0.25, 0.3) is 5.91 Å². The maximum absolute atomic E-state index is 12.8. The zero-order valence-electron chi connectivity index (χ0n) is 13.5. The van der Waals surface area contributed by atoms with Gasteiger partial charge in [-0.1, -0.05) is 12.1 Å². The van der Waals surface area contributed by atoms with Gasteiger partial charge in [-0.25, -0.2) is 0 Å². The lowest BCUT2D eigenvalue weighted by molar-refractivity contribution is 0.0680. The van der Waals surface area contributed by atoms with E-state index in [2.05, 4.69) is 0 Å². The van der Waals surface area contributed by atoms with Gasteiger partial charge in [-0.15, -0.1) is 0 Å². The Hall–Kier alpha value is -2.73. The summed E-state index contributed by atoms with van der Waals surface area (Å²) >= 11 is 0. The van der Waals surface area contributed by atoms with Crippen molar-refractivity contribution in [3.8, 4) is 11.5 Å². The quantitative estimate of drug-likeness (QED) is 0.824. The van der Waals surface area contributed by atoms with Gasteiger partial charge in [-0.3, -0.25) is 4.79 Å². The highest BCUT2D eigenvalue weighted by molar-refractivity contribution is 5.95. The number of rotatable bonds is 6. The smallest absolute Gasteiger partial charge is 0.254 e. The number of nitrogens with zero attached hydrogens (tertiary/aromatic N) is 1.